The fourth-order valence-corrected chi connectivity index (χ4v) is 0. The van der Waals surface area contributed by atoms with Crippen LogP contribution in [0, 0.1) is 0 Å². The molecule has 0 saturated carbocycles. The second-order valence-corrected chi connectivity index (χ2v) is 0.251. The molecule has 0 aliphatic rings. The average Bonchev–Trinajstić information content (AvgIpc) is 1.46. The van der Waals surface area contributed by atoms with Crippen LogP contribution in [-0.2, 0) is 23.6 Å². The normalized spacial score (nSPS) is 5.00. The van der Waals surface area contributed by atoms with Gasteiger partial charge in [0.2, 0.25) is 0 Å². The van der Waals surface area contributed by atoms with E-state index in [0.29, 0.717) is 0 Å². The van der Waals surface area contributed by atoms with E-state index in [0.717, 1.165) is 0 Å². The van der Waals surface area contributed by atoms with Gasteiger partial charge in [0.15, 0.2) is 0 Å². The van der Waals surface area contributed by atoms with Gasteiger partial charge in [-0.2, -0.15) is 0 Å². The molecule has 0 aliphatic carbocycles. The maximum atomic E-state index is 8.45. The number of hydrogen-bond acceptors (Lipinski definition) is 2. The predicted octanol–water partition coefficient (Wildman–Crippen LogP) is -0.863. The van der Waals surface area contributed by atoms with E-state index >= 15 is 0 Å². The molecule has 0 fully saturated rings. The van der Waals surface area contributed by atoms with Crippen LogP contribution in [0.5, 0.6) is 0 Å². The Labute approximate surface area is 35.5 Å². The molecule has 34 valence electrons. The van der Waals surface area contributed by atoms with Crippen LogP contribution in [0.3, 0.4) is 0 Å². The summed E-state index contributed by atoms with van der Waals surface area (Å²) < 4.78 is 15.4. The van der Waals surface area contributed by atoms with E-state index < -0.39 is 15.0 Å². The molecule has 1 N–H and O–H groups in total. The van der Waals surface area contributed by atoms with E-state index in [1.165, 1.54) is 0 Å². The Morgan fingerprint density at radius 2 is 1.60 bits per heavy atom. The zero-order valence-electron chi connectivity index (χ0n) is 2.30. The van der Waals surface area contributed by atoms with E-state index in [-0.39, 0.29) is 0 Å². The molecule has 5 heavy (non-hydrogen) atoms. The summed E-state index contributed by atoms with van der Waals surface area (Å²) in [5, 5.41) is 0. The van der Waals surface area contributed by atoms with Crippen molar-refractivity contribution in [2.75, 3.05) is 0 Å². The van der Waals surface area contributed by atoms with Gasteiger partial charge in [0, 0.05) is 0 Å². The molecule has 0 atom stereocenters. The molecular formula is CH3CoO3. The Morgan fingerprint density at radius 3 is 1.60 bits per heavy atom. The van der Waals surface area contributed by atoms with Crippen LogP contribution >= 0.6 is 0 Å². The standard InChI is InChI=1S/CH2O.Co.H2O.O/c1-2;;;/h1H2;;1H2;/q;+1;;/p-1. The van der Waals surface area contributed by atoms with Crippen LogP contribution in [0.15, 0.2) is 0 Å². The summed E-state index contributed by atoms with van der Waals surface area (Å²) in [6.07, 6.45) is 0. The van der Waals surface area contributed by atoms with Crippen molar-refractivity contribution in [3.63, 3.8) is 0 Å². The second-order valence-electron chi connectivity index (χ2n) is 0.0609. The molecule has 0 heterocycles. The van der Waals surface area contributed by atoms with Gasteiger partial charge in [-0.25, -0.2) is 0 Å². The van der Waals surface area contributed by atoms with Gasteiger partial charge in [-0.1, -0.05) is 0 Å². The van der Waals surface area contributed by atoms with Gasteiger partial charge < -0.3 is 4.79 Å². The number of carbonyl (C=O) groups is 1. The summed E-state index contributed by atoms with van der Waals surface area (Å²) in [5.41, 5.74) is 0. The SMILES string of the molecule is C=O.[O]=[Co][OH]. The van der Waals surface area contributed by atoms with Gasteiger partial charge in [-0.3, -0.25) is 0 Å². The zero-order valence-corrected chi connectivity index (χ0v) is 3.35. The van der Waals surface area contributed by atoms with Crippen molar-refractivity contribution in [3.8, 4) is 0 Å². The minimum absolute atomic E-state index is 0.812. The molecule has 0 rings (SSSR count). The molecule has 0 aromatic carbocycles. The molecule has 0 amide bonds. The Balaban J connectivity index is 0. The Morgan fingerprint density at radius 1 is 1.60 bits per heavy atom. The van der Waals surface area contributed by atoms with Gasteiger partial charge in [-0.15, -0.1) is 0 Å². The quantitative estimate of drug-likeness (QED) is 0.454. The molecular weight excluding hydrogens is 119 g/mol. The van der Waals surface area contributed by atoms with Gasteiger partial charge in [0.1, 0.15) is 6.79 Å². The monoisotopic (exact) mass is 122 g/mol. The van der Waals surface area contributed by atoms with Crippen LogP contribution in [0.25, 0.3) is 0 Å². The molecule has 0 radical (unpaired) electrons. The first-order valence-electron chi connectivity index (χ1n) is 0.574. The van der Waals surface area contributed by atoms with E-state index in [1.807, 2.05) is 6.79 Å². The van der Waals surface area contributed by atoms with Crippen molar-refractivity contribution in [2.45, 2.75) is 0 Å². The number of hydrogen-bond donors (Lipinski definition) is 1. The fourth-order valence-electron chi connectivity index (χ4n) is 0. The molecule has 0 spiro atoms. The van der Waals surface area contributed by atoms with Crippen LogP contribution < -0.4 is 0 Å². The predicted molar refractivity (Wildman–Crippen MR) is 10.0 cm³/mol. The van der Waals surface area contributed by atoms with E-state index in [1.54, 1.807) is 0 Å². The van der Waals surface area contributed by atoms with E-state index in [2.05, 4.69) is 0 Å². The summed E-state index contributed by atoms with van der Waals surface area (Å²) >= 11 is -0.812. The number of carbonyl (C=O) groups excluding carboxylic acids is 1. The molecule has 3 nitrogen and oxygen atoms in total. The average molecular weight is 122 g/mol. The summed E-state index contributed by atoms with van der Waals surface area (Å²) in [4.78, 5) is 8.00. The molecule has 0 unspecified atom stereocenters. The molecule has 0 bridgehead atoms. The Hall–Kier alpha value is -0.0635. The molecule has 0 aromatic rings. The van der Waals surface area contributed by atoms with Crippen molar-refractivity contribution in [1.82, 2.24) is 0 Å². The third-order valence-corrected chi connectivity index (χ3v) is 0. The fraction of sp³-hybridized carbons (Fsp3) is 0. The van der Waals surface area contributed by atoms with Crippen LogP contribution in [-0.4, -0.2) is 11.0 Å². The molecule has 0 saturated heterocycles. The summed E-state index contributed by atoms with van der Waals surface area (Å²) in [7, 11) is 0. The molecule has 4 heteroatoms. The van der Waals surface area contributed by atoms with Gasteiger partial charge in [0.05, 0.1) is 0 Å². The van der Waals surface area contributed by atoms with Crippen LogP contribution in [0.2, 0.25) is 0 Å². The van der Waals surface area contributed by atoms with Gasteiger partial charge in [-0.05, 0) is 0 Å². The molecule has 0 aliphatic heterocycles. The third-order valence-electron chi connectivity index (χ3n) is 0. The van der Waals surface area contributed by atoms with Crippen LogP contribution in [0.4, 0.5) is 0 Å². The first kappa shape index (κ1) is 8.87. The third kappa shape index (κ3) is 3660. The maximum absolute atomic E-state index is 8.45. The Bertz CT molecular complexity index is 20.9. The second kappa shape index (κ2) is 38.7. The van der Waals surface area contributed by atoms with E-state index in [9.17, 15) is 0 Å². The van der Waals surface area contributed by atoms with Crippen molar-refractivity contribution < 1.29 is 27.8 Å². The minimum atomic E-state index is -0.812. The summed E-state index contributed by atoms with van der Waals surface area (Å²) in [6, 6.07) is 0. The first-order chi connectivity index (χ1) is 2.41. The van der Waals surface area contributed by atoms with Crippen molar-refractivity contribution in [2.24, 2.45) is 0 Å². The first-order valence-corrected chi connectivity index (χ1v) is 1.46. The summed E-state index contributed by atoms with van der Waals surface area (Å²) in [6.45, 7) is 2.00. The zero-order chi connectivity index (χ0) is 4.71. The van der Waals surface area contributed by atoms with Crippen molar-refractivity contribution in [1.29, 1.82) is 0 Å². The Kier molecular flexibility index (Phi) is 68.7. The van der Waals surface area contributed by atoms with Crippen molar-refractivity contribution in [3.05, 3.63) is 0 Å². The van der Waals surface area contributed by atoms with Crippen molar-refractivity contribution >= 4 is 6.79 Å². The van der Waals surface area contributed by atoms with Gasteiger partial charge >= 0.3 is 23.0 Å². The summed E-state index contributed by atoms with van der Waals surface area (Å²) in [5.74, 6) is 0. The van der Waals surface area contributed by atoms with Crippen LogP contribution in [0.1, 0.15) is 0 Å². The number of rotatable bonds is 0. The van der Waals surface area contributed by atoms with Gasteiger partial charge in [0.25, 0.3) is 0 Å². The topological polar surface area (TPSA) is 54.4 Å². The molecule has 0 aromatic heterocycles. The van der Waals surface area contributed by atoms with E-state index in [4.69, 9.17) is 12.9 Å².